The first-order valence-electron chi connectivity index (χ1n) is 6.72. The summed E-state index contributed by atoms with van der Waals surface area (Å²) in [5.41, 5.74) is 2.20. The van der Waals surface area contributed by atoms with E-state index in [0.717, 1.165) is 24.3 Å². The second kappa shape index (κ2) is 4.59. The van der Waals surface area contributed by atoms with Crippen molar-refractivity contribution in [3.05, 3.63) is 23.0 Å². The quantitative estimate of drug-likeness (QED) is 0.862. The van der Waals surface area contributed by atoms with E-state index in [4.69, 9.17) is 14.2 Å². The summed E-state index contributed by atoms with van der Waals surface area (Å²) in [7, 11) is 3.67. The molecule has 1 atom stereocenters. The molecule has 0 spiro atoms. The van der Waals surface area contributed by atoms with Gasteiger partial charge in [0.05, 0.1) is 7.11 Å². The monoisotopic (exact) mass is 289 g/mol. The molecule has 0 saturated carbocycles. The number of aromatic amines is 1. The number of aromatic nitrogens is 4. The third kappa shape index (κ3) is 1.75. The van der Waals surface area contributed by atoms with Crippen molar-refractivity contribution in [1.29, 1.82) is 0 Å². The van der Waals surface area contributed by atoms with Gasteiger partial charge < -0.3 is 14.2 Å². The van der Waals surface area contributed by atoms with Gasteiger partial charge in [-0.3, -0.25) is 4.90 Å². The highest BCUT2D eigenvalue weighted by Gasteiger charge is 2.36. The fraction of sp³-hybridized carbons (Fsp3) is 0.462. The van der Waals surface area contributed by atoms with Crippen LogP contribution < -0.4 is 14.2 Å². The molecule has 4 rings (SSSR count). The Morgan fingerprint density at radius 3 is 3.10 bits per heavy atom. The third-order valence-corrected chi connectivity index (χ3v) is 4.00. The summed E-state index contributed by atoms with van der Waals surface area (Å²) in [6.45, 7) is 1.12. The van der Waals surface area contributed by atoms with E-state index >= 15 is 0 Å². The molecule has 3 heterocycles. The molecule has 1 unspecified atom stereocenters. The summed E-state index contributed by atoms with van der Waals surface area (Å²) < 4.78 is 16.7. The number of rotatable bonds is 2. The maximum atomic E-state index is 5.61. The van der Waals surface area contributed by atoms with Crippen molar-refractivity contribution in [1.82, 2.24) is 25.5 Å². The van der Waals surface area contributed by atoms with Crippen molar-refractivity contribution in [2.24, 2.45) is 0 Å². The molecule has 1 N–H and O–H groups in total. The molecule has 8 heteroatoms. The molecule has 1 aromatic carbocycles. The lowest BCUT2D eigenvalue weighted by Crippen LogP contribution is -2.34. The Hall–Kier alpha value is -2.35. The maximum absolute atomic E-state index is 5.61. The standard InChI is InChI=1S/C13H15N5O3/c1-18-4-3-7-5-8-11(21-6-20-8)12(19-2)9(7)10(18)13-14-16-17-15-13/h5,10H,3-4,6H2,1-2H3,(H,14,15,16,17). The first-order chi connectivity index (χ1) is 10.3. The van der Waals surface area contributed by atoms with Gasteiger partial charge in [0.25, 0.3) is 0 Å². The van der Waals surface area contributed by atoms with Gasteiger partial charge in [-0.15, -0.1) is 10.2 Å². The zero-order chi connectivity index (χ0) is 14.4. The summed E-state index contributed by atoms with van der Waals surface area (Å²) in [5, 5.41) is 14.5. The summed E-state index contributed by atoms with van der Waals surface area (Å²) in [6.07, 6.45) is 0.910. The molecule has 0 radical (unpaired) electrons. The van der Waals surface area contributed by atoms with Crippen LogP contribution in [0, 0.1) is 0 Å². The average Bonchev–Trinajstić information content (AvgIpc) is 3.15. The molecule has 0 aliphatic carbocycles. The van der Waals surface area contributed by atoms with E-state index in [1.54, 1.807) is 7.11 Å². The predicted octanol–water partition coefficient (Wildman–Crippen LogP) is 0.514. The van der Waals surface area contributed by atoms with Crippen LogP contribution in [-0.4, -0.2) is 53.0 Å². The SMILES string of the molecule is COc1c2c(cc3c1C(c1nn[nH]n1)N(C)CC3)OCO2. The van der Waals surface area contributed by atoms with Gasteiger partial charge >= 0.3 is 0 Å². The van der Waals surface area contributed by atoms with Crippen LogP contribution in [0.3, 0.4) is 0 Å². The molecule has 2 aliphatic heterocycles. The summed E-state index contributed by atoms with van der Waals surface area (Å²) >= 11 is 0. The molecule has 0 fully saturated rings. The third-order valence-electron chi connectivity index (χ3n) is 4.00. The minimum atomic E-state index is -0.114. The molecule has 0 amide bonds. The van der Waals surface area contributed by atoms with Crippen LogP contribution in [0.1, 0.15) is 23.0 Å². The molecule has 21 heavy (non-hydrogen) atoms. The first kappa shape index (κ1) is 12.4. The number of likely N-dealkylation sites (N-methyl/N-ethyl adjacent to an activating group) is 1. The van der Waals surface area contributed by atoms with E-state index < -0.39 is 0 Å². The van der Waals surface area contributed by atoms with Crippen molar-refractivity contribution in [3.8, 4) is 17.2 Å². The van der Waals surface area contributed by atoms with Crippen molar-refractivity contribution in [3.63, 3.8) is 0 Å². The number of hydrogen-bond donors (Lipinski definition) is 1. The molecule has 2 aliphatic rings. The van der Waals surface area contributed by atoms with Gasteiger partial charge in [0, 0.05) is 12.1 Å². The smallest absolute Gasteiger partial charge is 0.231 e. The normalized spacial score (nSPS) is 20.4. The number of ether oxygens (including phenoxy) is 3. The lowest BCUT2D eigenvalue weighted by atomic mass is 9.90. The highest BCUT2D eigenvalue weighted by molar-refractivity contribution is 5.62. The van der Waals surface area contributed by atoms with Gasteiger partial charge in [0.15, 0.2) is 17.3 Å². The highest BCUT2D eigenvalue weighted by atomic mass is 16.7. The minimum absolute atomic E-state index is 0.114. The summed E-state index contributed by atoms with van der Waals surface area (Å²) in [5.74, 6) is 2.71. The van der Waals surface area contributed by atoms with Crippen LogP contribution in [0.15, 0.2) is 6.07 Å². The molecular weight excluding hydrogens is 274 g/mol. The number of benzene rings is 1. The topological polar surface area (TPSA) is 85.4 Å². The first-order valence-corrected chi connectivity index (χ1v) is 6.72. The van der Waals surface area contributed by atoms with Crippen LogP contribution in [0.2, 0.25) is 0 Å². The Kier molecular flexibility index (Phi) is 2.71. The van der Waals surface area contributed by atoms with E-state index in [1.165, 1.54) is 5.56 Å². The number of nitrogens with one attached hydrogen (secondary N) is 1. The van der Waals surface area contributed by atoms with E-state index in [0.29, 0.717) is 17.3 Å². The minimum Gasteiger partial charge on any atom is -0.492 e. The fourth-order valence-corrected chi connectivity index (χ4v) is 3.04. The summed E-state index contributed by atoms with van der Waals surface area (Å²) in [4.78, 5) is 2.18. The molecule has 2 aromatic rings. The van der Waals surface area contributed by atoms with Crippen LogP contribution >= 0.6 is 0 Å². The van der Waals surface area contributed by atoms with Gasteiger partial charge in [0.1, 0.15) is 6.04 Å². The van der Waals surface area contributed by atoms with Gasteiger partial charge in [-0.1, -0.05) is 5.21 Å². The molecular formula is C13H15N5O3. The van der Waals surface area contributed by atoms with Crippen LogP contribution in [0.5, 0.6) is 17.2 Å². The van der Waals surface area contributed by atoms with Crippen molar-refractivity contribution in [2.45, 2.75) is 12.5 Å². The van der Waals surface area contributed by atoms with E-state index in [2.05, 4.69) is 25.5 Å². The molecule has 110 valence electrons. The molecule has 8 nitrogen and oxygen atoms in total. The molecule has 1 aromatic heterocycles. The van der Waals surface area contributed by atoms with Crippen LogP contribution in [0.25, 0.3) is 0 Å². The molecule has 0 bridgehead atoms. The van der Waals surface area contributed by atoms with E-state index in [9.17, 15) is 0 Å². The van der Waals surface area contributed by atoms with Gasteiger partial charge in [0.2, 0.25) is 12.5 Å². The zero-order valence-corrected chi connectivity index (χ0v) is 11.8. The highest BCUT2D eigenvalue weighted by Crippen LogP contribution is 2.50. The lowest BCUT2D eigenvalue weighted by molar-refractivity contribution is 0.170. The number of H-pyrrole nitrogens is 1. The second-order valence-electron chi connectivity index (χ2n) is 5.12. The van der Waals surface area contributed by atoms with Gasteiger partial charge in [-0.05, 0) is 25.1 Å². The number of nitrogens with zero attached hydrogens (tertiary/aromatic N) is 4. The Morgan fingerprint density at radius 1 is 1.43 bits per heavy atom. The van der Waals surface area contributed by atoms with Crippen LogP contribution in [0.4, 0.5) is 0 Å². The average molecular weight is 289 g/mol. The fourth-order valence-electron chi connectivity index (χ4n) is 3.04. The number of fused-ring (bicyclic) bond motifs is 2. The van der Waals surface area contributed by atoms with E-state index in [-0.39, 0.29) is 12.8 Å². The lowest BCUT2D eigenvalue weighted by Gasteiger charge is -2.33. The zero-order valence-electron chi connectivity index (χ0n) is 11.8. The second-order valence-corrected chi connectivity index (χ2v) is 5.12. The Bertz CT molecular complexity index is 673. The van der Waals surface area contributed by atoms with Gasteiger partial charge in [-0.2, -0.15) is 5.21 Å². The Labute approximate surface area is 121 Å². The summed E-state index contributed by atoms with van der Waals surface area (Å²) in [6, 6.07) is 1.91. The predicted molar refractivity (Wildman–Crippen MR) is 71.5 cm³/mol. The molecule has 0 saturated heterocycles. The largest absolute Gasteiger partial charge is 0.492 e. The van der Waals surface area contributed by atoms with Crippen molar-refractivity contribution in [2.75, 3.05) is 27.5 Å². The van der Waals surface area contributed by atoms with Gasteiger partial charge in [-0.25, -0.2) is 0 Å². The van der Waals surface area contributed by atoms with Crippen molar-refractivity contribution >= 4 is 0 Å². The van der Waals surface area contributed by atoms with Crippen molar-refractivity contribution < 1.29 is 14.2 Å². The van der Waals surface area contributed by atoms with Crippen LogP contribution in [-0.2, 0) is 6.42 Å². The number of hydrogen-bond acceptors (Lipinski definition) is 7. The van der Waals surface area contributed by atoms with E-state index in [1.807, 2.05) is 13.1 Å². The number of methoxy groups -OCH3 is 1. The maximum Gasteiger partial charge on any atom is 0.231 e. The Balaban J connectivity index is 1.95. The Morgan fingerprint density at radius 2 is 2.33 bits per heavy atom. The number of tetrazole rings is 1.